The van der Waals surface area contributed by atoms with Crippen molar-refractivity contribution in [1.29, 1.82) is 0 Å². The lowest BCUT2D eigenvalue weighted by molar-refractivity contribution is 0.147. The molecule has 0 aliphatic heterocycles. The molecule has 0 saturated carbocycles. The Kier molecular flexibility index (Phi) is 8.39. The van der Waals surface area contributed by atoms with E-state index in [1.54, 1.807) is 6.20 Å². The van der Waals surface area contributed by atoms with E-state index in [-0.39, 0.29) is 5.60 Å². The van der Waals surface area contributed by atoms with Gasteiger partial charge in [-0.25, -0.2) is 0 Å². The molecule has 0 aromatic carbocycles. The number of unbranched alkanes of at least 4 members (excludes halogenated alkanes) is 2. The average Bonchev–Trinajstić information content (AvgIpc) is 2.51. The molecule has 0 saturated heterocycles. The molecule has 0 unspecified atom stereocenters. The maximum atomic E-state index is 6.08. The molecule has 0 amide bonds. The van der Waals surface area contributed by atoms with Crippen molar-refractivity contribution in [3.63, 3.8) is 0 Å². The second-order valence-electron chi connectivity index (χ2n) is 6.33. The van der Waals surface area contributed by atoms with E-state index in [0.29, 0.717) is 0 Å². The van der Waals surface area contributed by atoms with Gasteiger partial charge in [0.15, 0.2) is 0 Å². The quantitative estimate of drug-likeness (QED) is 0.401. The highest BCUT2D eigenvalue weighted by molar-refractivity contribution is 5.23. The largest absolute Gasteiger partial charge is 0.482 e. The number of hydrogen-bond donors (Lipinski definition) is 0. The first kappa shape index (κ1) is 19.2. The average molecular weight is 313 g/mol. The summed E-state index contributed by atoms with van der Waals surface area (Å²) in [5.74, 6) is 0.817. The van der Waals surface area contributed by atoms with Gasteiger partial charge in [0.1, 0.15) is 11.4 Å². The Morgan fingerprint density at radius 2 is 1.74 bits per heavy atom. The monoisotopic (exact) mass is 313 g/mol. The third-order valence-corrected chi connectivity index (χ3v) is 3.89. The molecule has 0 aliphatic rings. The van der Waals surface area contributed by atoms with Crippen LogP contribution in [0.15, 0.2) is 54.3 Å². The first-order valence-electron chi connectivity index (χ1n) is 8.51. The molecule has 0 bridgehead atoms. The third kappa shape index (κ3) is 7.83. The SMILES string of the molecule is C/C=C/CC/C=C/CC/C=C(\C)C(C)(C)Oc1ccc(C)nc1. The fraction of sp³-hybridized carbons (Fsp3) is 0.476. The van der Waals surface area contributed by atoms with Crippen molar-refractivity contribution in [2.45, 2.75) is 65.9 Å². The normalized spacial score (nSPS) is 13.2. The van der Waals surface area contributed by atoms with Crippen LogP contribution in [0, 0.1) is 6.92 Å². The zero-order valence-electron chi connectivity index (χ0n) is 15.3. The first-order chi connectivity index (χ1) is 11.0. The smallest absolute Gasteiger partial charge is 0.138 e. The van der Waals surface area contributed by atoms with E-state index in [0.717, 1.165) is 37.1 Å². The van der Waals surface area contributed by atoms with Crippen LogP contribution in [0.5, 0.6) is 5.75 Å². The fourth-order valence-electron chi connectivity index (χ4n) is 2.13. The number of hydrogen-bond acceptors (Lipinski definition) is 2. The third-order valence-electron chi connectivity index (χ3n) is 3.89. The van der Waals surface area contributed by atoms with Gasteiger partial charge in [0.25, 0.3) is 0 Å². The maximum absolute atomic E-state index is 6.08. The van der Waals surface area contributed by atoms with Gasteiger partial charge in [-0.05, 0) is 78.0 Å². The molecule has 0 fully saturated rings. The molecule has 0 spiro atoms. The maximum Gasteiger partial charge on any atom is 0.138 e. The second kappa shape index (κ2) is 10.0. The minimum absolute atomic E-state index is 0.313. The van der Waals surface area contributed by atoms with Crippen molar-refractivity contribution in [2.24, 2.45) is 0 Å². The van der Waals surface area contributed by atoms with Crippen molar-refractivity contribution in [2.75, 3.05) is 0 Å². The summed E-state index contributed by atoms with van der Waals surface area (Å²) in [6.45, 7) is 10.4. The van der Waals surface area contributed by atoms with Gasteiger partial charge in [0.2, 0.25) is 0 Å². The number of allylic oxidation sites excluding steroid dienone is 5. The highest BCUT2D eigenvalue weighted by Crippen LogP contribution is 2.24. The molecule has 0 atom stereocenters. The van der Waals surface area contributed by atoms with Crippen LogP contribution in [0.25, 0.3) is 0 Å². The Bertz CT molecular complexity index is 535. The number of aromatic nitrogens is 1. The summed E-state index contributed by atoms with van der Waals surface area (Å²) in [5, 5.41) is 0. The first-order valence-corrected chi connectivity index (χ1v) is 8.51. The number of pyridine rings is 1. The van der Waals surface area contributed by atoms with Gasteiger partial charge in [0, 0.05) is 5.69 Å². The molecular weight excluding hydrogens is 282 g/mol. The summed E-state index contributed by atoms with van der Waals surface area (Å²) in [7, 11) is 0. The zero-order chi connectivity index (χ0) is 17.1. The van der Waals surface area contributed by atoms with E-state index in [1.165, 1.54) is 5.57 Å². The molecule has 0 radical (unpaired) electrons. The fourth-order valence-corrected chi connectivity index (χ4v) is 2.13. The summed E-state index contributed by atoms with van der Waals surface area (Å²) in [6, 6.07) is 3.95. The molecule has 1 aromatic heterocycles. The zero-order valence-corrected chi connectivity index (χ0v) is 15.3. The Hall–Kier alpha value is -1.83. The number of aryl methyl sites for hydroxylation is 1. The molecule has 126 valence electrons. The summed E-state index contributed by atoms with van der Waals surface area (Å²) in [6.07, 6.45) is 17.3. The van der Waals surface area contributed by atoms with E-state index >= 15 is 0 Å². The van der Waals surface area contributed by atoms with Crippen LogP contribution < -0.4 is 4.74 Å². The Labute approximate surface area is 142 Å². The lowest BCUT2D eigenvalue weighted by atomic mass is 9.98. The molecule has 1 heterocycles. The van der Waals surface area contributed by atoms with E-state index in [1.807, 2.05) is 19.1 Å². The van der Waals surface area contributed by atoms with Crippen molar-refractivity contribution < 1.29 is 4.74 Å². The Morgan fingerprint density at radius 3 is 2.35 bits per heavy atom. The highest BCUT2D eigenvalue weighted by Gasteiger charge is 2.21. The van der Waals surface area contributed by atoms with Gasteiger partial charge in [-0.2, -0.15) is 0 Å². The Morgan fingerprint density at radius 1 is 1.09 bits per heavy atom. The van der Waals surface area contributed by atoms with E-state index in [9.17, 15) is 0 Å². The van der Waals surface area contributed by atoms with E-state index in [4.69, 9.17) is 4.74 Å². The summed E-state index contributed by atoms with van der Waals surface area (Å²) in [4.78, 5) is 4.28. The summed E-state index contributed by atoms with van der Waals surface area (Å²) in [5.41, 5.74) is 1.94. The van der Waals surface area contributed by atoms with Gasteiger partial charge in [0.05, 0.1) is 6.20 Å². The van der Waals surface area contributed by atoms with Crippen molar-refractivity contribution >= 4 is 0 Å². The highest BCUT2D eigenvalue weighted by atomic mass is 16.5. The summed E-state index contributed by atoms with van der Waals surface area (Å²) >= 11 is 0. The van der Waals surface area contributed by atoms with Crippen LogP contribution in [0.1, 0.15) is 59.1 Å². The van der Waals surface area contributed by atoms with Crippen molar-refractivity contribution in [3.8, 4) is 5.75 Å². The van der Waals surface area contributed by atoms with Crippen LogP contribution in [0.3, 0.4) is 0 Å². The molecule has 1 rings (SSSR count). The number of nitrogens with zero attached hydrogens (tertiary/aromatic N) is 1. The second-order valence-corrected chi connectivity index (χ2v) is 6.33. The molecular formula is C21H31NO. The minimum Gasteiger partial charge on any atom is -0.482 e. The van der Waals surface area contributed by atoms with Crippen LogP contribution in [0.2, 0.25) is 0 Å². The van der Waals surface area contributed by atoms with Gasteiger partial charge < -0.3 is 4.74 Å². The topological polar surface area (TPSA) is 22.1 Å². The Balaban J connectivity index is 2.43. The van der Waals surface area contributed by atoms with Gasteiger partial charge in [-0.3, -0.25) is 4.98 Å². The van der Waals surface area contributed by atoms with Crippen molar-refractivity contribution in [1.82, 2.24) is 4.98 Å². The molecule has 2 nitrogen and oxygen atoms in total. The number of rotatable bonds is 9. The van der Waals surface area contributed by atoms with Gasteiger partial charge >= 0.3 is 0 Å². The predicted octanol–water partition coefficient (Wildman–Crippen LogP) is 6.19. The minimum atomic E-state index is -0.313. The molecule has 23 heavy (non-hydrogen) atoms. The molecule has 2 heteroatoms. The van der Waals surface area contributed by atoms with Gasteiger partial charge in [-0.15, -0.1) is 0 Å². The van der Waals surface area contributed by atoms with Crippen molar-refractivity contribution in [3.05, 3.63) is 60.0 Å². The lowest BCUT2D eigenvalue weighted by Gasteiger charge is -2.27. The van der Waals surface area contributed by atoms with Crippen LogP contribution in [0.4, 0.5) is 0 Å². The predicted molar refractivity (Wildman–Crippen MR) is 99.9 cm³/mol. The van der Waals surface area contributed by atoms with Crippen LogP contribution in [-0.2, 0) is 0 Å². The molecule has 0 N–H and O–H groups in total. The van der Waals surface area contributed by atoms with Crippen LogP contribution >= 0.6 is 0 Å². The van der Waals surface area contributed by atoms with E-state index in [2.05, 4.69) is 63.1 Å². The van der Waals surface area contributed by atoms with Gasteiger partial charge in [-0.1, -0.05) is 30.4 Å². The standard InChI is InChI=1S/C21H31NO/c1-6-7-8-9-10-11-12-13-14-18(2)21(4,5)23-20-16-15-19(3)22-17-20/h6-7,10-11,14-17H,8-9,12-13H2,1-5H3/b7-6+,11-10+,18-14+. The molecule has 1 aromatic rings. The number of ether oxygens (including phenoxy) is 1. The van der Waals surface area contributed by atoms with Crippen LogP contribution in [-0.4, -0.2) is 10.6 Å². The van der Waals surface area contributed by atoms with E-state index < -0.39 is 0 Å². The summed E-state index contributed by atoms with van der Waals surface area (Å²) < 4.78 is 6.08. The lowest BCUT2D eigenvalue weighted by Crippen LogP contribution is -2.29. The molecule has 0 aliphatic carbocycles.